The molecule has 1 aromatic heterocycles. The Hall–Kier alpha value is -1.49. The van der Waals surface area contributed by atoms with E-state index in [1.165, 1.54) is 17.9 Å². The van der Waals surface area contributed by atoms with Gasteiger partial charge >= 0.3 is 0 Å². The van der Waals surface area contributed by atoms with Crippen LogP contribution in [0.2, 0.25) is 0 Å². The van der Waals surface area contributed by atoms with Gasteiger partial charge in [-0.05, 0) is 42.9 Å². The lowest BCUT2D eigenvalue weighted by atomic mass is 10.1. The molecule has 0 spiro atoms. The molecular weight excluding hydrogens is 258 g/mol. The number of thioether (sulfide) groups is 1. The molecule has 0 radical (unpaired) electrons. The second kappa shape index (κ2) is 5.65. The smallest absolute Gasteiger partial charge is 0.260 e. The van der Waals surface area contributed by atoms with Crippen LogP contribution in [-0.2, 0) is 0 Å². The molecule has 1 fully saturated rings. The van der Waals surface area contributed by atoms with Gasteiger partial charge in [0.2, 0.25) is 0 Å². The van der Waals surface area contributed by atoms with Gasteiger partial charge in [-0.2, -0.15) is 16.7 Å². The number of para-hydroxylation sites is 1. The highest BCUT2D eigenvalue weighted by atomic mass is 32.2. The highest BCUT2D eigenvalue weighted by Gasteiger charge is 2.16. The third kappa shape index (κ3) is 2.92. The maximum atomic E-state index is 5.26. The Morgan fingerprint density at radius 2 is 2.32 bits per heavy atom. The predicted octanol–water partition coefficient (Wildman–Crippen LogP) is 3.21. The fraction of sp³-hybridized carbons (Fsp3) is 0.429. The third-order valence-electron chi connectivity index (χ3n) is 3.29. The number of aromatic nitrogens is 2. The zero-order valence-electron chi connectivity index (χ0n) is 10.9. The number of nitrogens with zero attached hydrogens (tertiary/aromatic N) is 2. The molecule has 1 atom stereocenters. The maximum Gasteiger partial charge on any atom is 0.260 e. The summed E-state index contributed by atoms with van der Waals surface area (Å²) in [5.41, 5.74) is 2.05. The first-order valence-corrected chi connectivity index (χ1v) is 7.70. The quantitative estimate of drug-likeness (QED) is 0.928. The first-order chi connectivity index (χ1) is 9.33. The van der Waals surface area contributed by atoms with Crippen LogP contribution in [0.5, 0.6) is 0 Å². The zero-order valence-corrected chi connectivity index (χ0v) is 11.7. The molecule has 1 saturated heterocycles. The normalized spacial score (nSPS) is 18.7. The monoisotopic (exact) mass is 275 g/mol. The molecule has 2 heterocycles. The Morgan fingerprint density at radius 1 is 1.42 bits per heavy atom. The van der Waals surface area contributed by atoms with Gasteiger partial charge in [-0.1, -0.05) is 17.3 Å². The third-order valence-corrected chi connectivity index (χ3v) is 4.52. The van der Waals surface area contributed by atoms with Gasteiger partial charge in [-0.3, -0.25) is 0 Å². The molecule has 0 aliphatic carbocycles. The highest BCUT2D eigenvalue weighted by molar-refractivity contribution is 7.99. The zero-order chi connectivity index (χ0) is 13.1. The fourth-order valence-corrected chi connectivity index (χ4v) is 3.51. The van der Waals surface area contributed by atoms with E-state index in [1.54, 1.807) is 0 Å². The Morgan fingerprint density at radius 3 is 3.05 bits per heavy atom. The minimum atomic E-state index is 0.585. The Balaban J connectivity index is 1.77. The molecule has 0 bridgehead atoms. The predicted molar refractivity (Wildman–Crippen MR) is 78.4 cm³/mol. The molecule has 1 unspecified atom stereocenters. The van der Waals surface area contributed by atoms with Crippen LogP contribution < -0.4 is 5.32 Å². The van der Waals surface area contributed by atoms with Crippen molar-refractivity contribution < 1.29 is 4.52 Å². The summed E-state index contributed by atoms with van der Waals surface area (Å²) in [7, 11) is 0. The molecule has 1 aliphatic rings. The van der Waals surface area contributed by atoms with Crippen molar-refractivity contribution >= 4 is 17.4 Å². The average Bonchev–Trinajstić information content (AvgIpc) is 3.08. The second-order valence-electron chi connectivity index (χ2n) is 4.80. The lowest BCUT2D eigenvalue weighted by Gasteiger charge is -2.13. The van der Waals surface area contributed by atoms with Crippen molar-refractivity contribution in [3.8, 4) is 11.5 Å². The van der Waals surface area contributed by atoms with Crippen LogP contribution >= 0.6 is 11.8 Å². The molecule has 1 aliphatic heterocycles. The summed E-state index contributed by atoms with van der Waals surface area (Å²) in [4.78, 5) is 4.30. The van der Waals surface area contributed by atoms with Crippen LogP contribution in [-0.4, -0.2) is 28.2 Å². The molecule has 1 aromatic carbocycles. The number of hydrogen-bond acceptors (Lipinski definition) is 5. The van der Waals surface area contributed by atoms with E-state index < -0.39 is 0 Å². The van der Waals surface area contributed by atoms with Crippen molar-refractivity contribution in [2.75, 3.05) is 23.4 Å². The van der Waals surface area contributed by atoms with Gasteiger partial charge in [0.05, 0.1) is 5.56 Å². The SMILES string of the molecule is Cc1noc(-c2ccccc2NCC2CCSC2)n1. The molecule has 0 amide bonds. The van der Waals surface area contributed by atoms with Crippen LogP contribution in [0, 0.1) is 12.8 Å². The minimum Gasteiger partial charge on any atom is -0.384 e. The van der Waals surface area contributed by atoms with Gasteiger partial charge in [-0.15, -0.1) is 0 Å². The Labute approximate surface area is 117 Å². The molecule has 3 rings (SSSR count). The molecule has 1 N–H and O–H groups in total. The average molecular weight is 275 g/mol. The summed E-state index contributed by atoms with van der Waals surface area (Å²) in [6, 6.07) is 8.10. The number of benzene rings is 1. The fourth-order valence-electron chi connectivity index (χ4n) is 2.23. The van der Waals surface area contributed by atoms with Crippen LogP contribution in [0.25, 0.3) is 11.5 Å². The number of hydrogen-bond donors (Lipinski definition) is 1. The molecule has 0 saturated carbocycles. The number of aryl methyl sites for hydroxylation is 1. The summed E-state index contributed by atoms with van der Waals surface area (Å²) in [6.07, 6.45) is 1.31. The van der Waals surface area contributed by atoms with E-state index >= 15 is 0 Å². The standard InChI is InChI=1S/C14H17N3OS/c1-10-16-14(18-17-10)12-4-2-3-5-13(12)15-8-11-6-7-19-9-11/h2-5,11,15H,6-9H2,1H3. The lowest BCUT2D eigenvalue weighted by molar-refractivity contribution is 0.425. The van der Waals surface area contributed by atoms with E-state index in [0.717, 1.165) is 23.7 Å². The van der Waals surface area contributed by atoms with Gasteiger partial charge in [0.25, 0.3) is 5.89 Å². The summed E-state index contributed by atoms with van der Waals surface area (Å²) in [6.45, 7) is 2.84. The van der Waals surface area contributed by atoms with Crippen molar-refractivity contribution in [2.24, 2.45) is 5.92 Å². The topological polar surface area (TPSA) is 51.0 Å². The van der Waals surface area contributed by atoms with E-state index in [9.17, 15) is 0 Å². The van der Waals surface area contributed by atoms with Gasteiger partial charge in [0.1, 0.15) is 0 Å². The van der Waals surface area contributed by atoms with E-state index in [-0.39, 0.29) is 0 Å². The van der Waals surface area contributed by atoms with E-state index in [1.807, 2.05) is 36.9 Å². The van der Waals surface area contributed by atoms with Crippen LogP contribution in [0.3, 0.4) is 0 Å². The van der Waals surface area contributed by atoms with Gasteiger partial charge < -0.3 is 9.84 Å². The van der Waals surface area contributed by atoms with Gasteiger partial charge in [0, 0.05) is 12.2 Å². The number of nitrogens with one attached hydrogen (secondary N) is 1. The highest BCUT2D eigenvalue weighted by Crippen LogP contribution is 2.28. The van der Waals surface area contributed by atoms with E-state index in [4.69, 9.17) is 4.52 Å². The largest absolute Gasteiger partial charge is 0.384 e. The van der Waals surface area contributed by atoms with Crippen LogP contribution in [0.1, 0.15) is 12.2 Å². The first-order valence-electron chi connectivity index (χ1n) is 6.54. The van der Waals surface area contributed by atoms with Crippen molar-refractivity contribution in [3.05, 3.63) is 30.1 Å². The van der Waals surface area contributed by atoms with Gasteiger partial charge in [-0.25, -0.2) is 0 Å². The van der Waals surface area contributed by atoms with Crippen LogP contribution in [0.4, 0.5) is 5.69 Å². The lowest BCUT2D eigenvalue weighted by Crippen LogP contribution is -2.13. The van der Waals surface area contributed by atoms with Crippen molar-refractivity contribution in [2.45, 2.75) is 13.3 Å². The first kappa shape index (κ1) is 12.5. The molecular formula is C14H17N3OS. The second-order valence-corrected chi connectivity index (χ2v) is 5.95. The summed E-state index contributed by atoms with van der Waals surface area (Å²) in [5.74, 6) is 4.56. The van der Waals surface area contributed by atoms with E-state index in [0.29, 0.717) is 11.7 Å². The molecule has 4 nitrogen and oxygen atoms in total. The number of anilines is 1. The van der Waals surface area contributed by atoms with Crippen molar-refractivity contribution in [1.29, 1.82) is 0 Å². The Kier molecular flexibility index (Phi) is 3.73. The summed E-state index contributed by atoms with van der Waals surface area (Å²) < 4.78 is 5.26. The van der Waals surface area contributed by atoms with Crippen molar-refractivity contribution in [1.82, 2.24) is 10.1 Å². The minimum absolute atomic E-state index is 0.585. The van der Waals surface area contributed by atoms with Gasteiger partial charge in [0.15, 0.2) is 5.82 Å². The van der Waals surface area contributed by atoms with Crippen molar-refractivity contribution in [3.63, 3.8) is 0 Å². The van der Waals surface area contributed by atoms with E-state index in [2.05, 4.69) is 21.5 Å². The maximum absolute atomic E-state index is 5.26. The molecule has 2 aromatic rings. The summed E-state index contributed by atoms with van der Waals surface area (Å²) >= 11 is 2.04. The Bertz CT molecular complexity index is 549. The molecule has 19 heavy (non-hydrogen) atoms. The summed E-state index contributed by atoms with van der Waals surface area (Å²) in [5, 5.41) is 7.38. The molecule has 5 heteroatoms. The number of rotatable bonds is 4. The van der Waals surface area contributed by atoms with Crippen LogP contribution in [0.15, 0.2) is 28.8 Å². The molecule has 100 valence electrons.